The monoisotopic (exact) mass is 392 g/mol. The second-order valence-electron chi connectivity index (χ2n) is 7.55. The van der Waals surface area contributed by atoms with Crippen LogP contribution < -0.4 is 0 Å². The molecule has 0 aromatic heterocycles. The molecule has 0 spiro atoms. The van der Waals surface area contributed by atoms with Crippen molar-refractivity contribution in [3.8, 4) is 11.5 Å². The van der Waals surface area contributed by atoms with Crippen LogP contribution in [-0.4, -0.2) is 29.0 Å². The molecule has 0 saturated carbocycles. The molecule has 25 heavy (non-hydrogen) atoms. The minimum atomic E-state index is -1.36. The standard InChI is InChI=1S/C20H28O2S2Si/c1-13-7-17(8-14(2)19(13)21)23-11-25(5,6)12-24-18-9-15(3)20(22)16(4)10-18/h7-10,21-22H,11-12H2,1-6H3. The molecule has 0 aliphatic rings. The molecule has 5 heteroatoms. The molecular weight excluding hydrogens is 364 g/mol. The van der Waals surface area contributed by atoms with Crippen molar-refractivity contribution in [1.82, 2.24) is 0 Å². The minimum Gasteiger partial charge on any atom is -0.507 e. The summed E-state index contributed by atoms with van der Waals surface area (Å²) in [5.74, 6) is 0.823. The van der Waals surface area contributed by atoms with Crippen molar-refractivity contribution in [3.05, 3.63) is 46.5 Å². The van der Waals surface area contributed by atoms with Gasteiger partial charge in [-0.25, -0.2) is 0 Å². The Bertz CT molecular complexity index is 663. The van der Waals surface area contributed by atoms with Crippen molar-refractivity contribution in [2.75, 3.05) is 10.8 Å². The molecule has 2 N–H and O–H groups in total. The van der Waals surface area contributed by atoms with E-state index in [0.717, 1.165) is 33.0 Å². The third-order valence-corrected chi connectivity index (χ3v) is 12.7. The highest BCUT2D eigenvalue weighted by Crippen LogP contribution is 2.33. The van der Waals surface area contributed by atoms with Crippen molar-refractivity contribution >= 4 is 31.6 Å². The fraction of sp³-hybridized carbons (Fsp3) is 0.400. The molecule has 0 saturated heterocycles. The fourth-order valence-corrected chi connectivity index (χ4v) is 9.18. The molecule has 2 nitrogen and oxygen atoms in total. The van der Waals surface area contributed by atoms with Crippen molar-refractivity contribution in [2.24, 2.45) is 0 Å². The second-order valence-corrected chi connectivity index (χ2v) is 15.7. The van der Waals surface area contributed by atoms with E-state index in [4.69, 9.17) is 0 Å². The zero-order chi connectivity index (χ0) is 18.8. The van der Waals surface area contributed by atoms with Gasteiger partial charge in [-0.3, -0.25) is 0 Å². The lowest BCUT2D eigenvalue weighted by molar-refractivity contribution is 0.466. The highest BCUT2D eigenvalue weighted by molar-refractivity contribution is 8.03. The SMILES string of the molecule is Cc1cc(SC[Si](C)(C)CSc2cc(C)c(O)c(C)c2)cc(C)c1O. The molecule has 0 radical (unpaired) electrons. The van der Waals surface area contributed by atoms with E-state index in [2.05, 4.69) is 37.4 Å². The molecular formula is C20H28O2S2Si. The summed E-state index contributed by atoms with van der Waals surface area (Å²) >= 11 is 3.81. The summed E-state index contributed by atoms with van der Waals surface area (Å²) in [6.45, 7) is 12.7. The quantitative estimate of drug-likeness (QED) is 0.467. The first-order valence-electron chi connectivity index (χ1n) is 8.45. The average Bonchev–Trinajstić information content (AvgIpc) is 2.53. The van der Waals surface area contributed by atoms with Gasteiger partial charge < -0.3 is 10.2 Å². The van der Waals surface area contributed by atoms with Crippen LogP contribution in [0, 0.1) is 27.7 Å². The lowest BCUT2D eigenvalue weighted by atomic mass is 10.1. The third kappa shape index (κ3) is 5.46. The Morgan fingerprint density at radius 2 is 0.960 bits per heavy atom. The summed E-state index contributed by atoms with van der Waals surface area (Å²) < 4.78 is 0. The zero-order valence-electron chi connectivity index (χ0n) is 15.9. The molecule has 2 aromatic rings. The van der Waals surface area contributed by atoms with Gasteiger partial charge in [0.15, 0.2) is 0 Å². The van der Waals surface area contributed by atoms with E-state index in [1.807, 2.05) is 51.2 Å². The Balaban J connectivity index is 1.98. The number of aryl methyl sites for hydroxylation is 4. The van der Waals surface area contributed by atoms with Gasteiger partial charge in [-0.05, 0) is 85.0 Å². The van der Waals surface area contributed by atoms with Crippen LogP contribution in [0.2, 0.25) is 13.1 Å². The number of phenolic OH excluding ortho intramolecular Hbond substituents is 2. The first-order chi connectivity index (χ1) is 11.6. The van der Waals surface area contributed by atoms with Crippen LogP contribution in [0.15, 0.2) is 34.1 Å². The van der Waals surface area contributed by atoms with Crippen LogP contribution in [-0.2, 0) is 0 Å². The maximum Gasteiger partial charge on any atom is 0.121 e. The van der Waals surface area contributed by atoms with E-state index in [-0.39, 0.29) is 0 Å². The largest absolute Gasteiger partial charge is 0.507 e. The normalized spacial score (nSPS) is 11.8. The highest BCUT2D eigenvalue weighted by Gasteiger charge is 2.22. The summed E-state index contributed by atoms with van der Waals surface area (Å²) in [4.78, 5) is 2.49. The van der Waals surface area contributed by atoms with Gasteiger partial charge in [0.1, 0.15) is 11.5 Å². The first-order valence-corrected chi connectivity index (χ1v) is 13.8. The van der Waals surface area contributed by atoms with Crippen LogP contribution in [0.5, 0.6) is 11.5 Å². The summed E-state index contributed by atoms with van der Waals surface area (Å²) in [5, 5.41) is 22.1. The number of rotatable bonds is 6. The van der Waals surface area contributed by atoms with E-state index >= 15 is 0 Å². The number of benzene rings is 2. The number of hydrogen-bond donors (Lipinski definition) is 2. The van der Waals surface area contributed by atoms with Gasteiger partial charge >= 0.3 is 0 Å². The number of hydrogen-bond acceptors (Lipinski definition) is 4. The third-order valence-electron chi connectivity index (χ3n) is 4.19. The highest BCUT2D eigenvalue weighted by atomic mass is 32.2. The number of phenols is 2. The Morgan fingerprint density at radius 1 is 0.680 bits per heavy atom. The zero-order valence-corrected chi connectivity index (χ0v) is 18.6. The van der Waals surface area contributed by atoms with Gasteiger partial charge in [0.2, 0.25) is 0 Å². The van der Waals surface area contributed by atoms with Crippen LogP contribution >= 0.6 is 23.5 Å². The van der Waals surface area contributed by atoms with Crippen molar-refractivity contribution < 1.29 is 10.2 Å². The molecule has 136 valence electrons. The first kappa shape index (κ1) is 20.3. The smallest absolute Gasteiger partial charge is 0.121 e. The Morgan fingerprint density at radius 3 is 1.24 bits per heavy atom. The van der Waals surface area contributed by atoms with E-state index in [1.165, 1.54) is 9.79 Å². The Hall–Kier alpha value is -1.04. The Labute approximate surface area is 161 Å². The van der Waals surface area contributed by atoms with E-state index in [9.17, 15) is 10.2 Å². The topological polar surface area (TPSA) is 40.5 Å². The molecule has 0 bridgehead atoms. The van der Waals surface area contributed by atoms with Crippen molar-refractivity contribution in [2.45, 2.75) is 50.6 Å². The molecule has 0 amide bonds. The van der Waals surface area contributed by atoms with Gasteiger partial charge in [0.25, 0.3) is 0 Å². The maximum absolute atomic E-state index is 9.91. The maximum atomic E-state index is 9.91. The molecule has 0 heterocycles. The van der Waals surface area contributed by atoms with Crippen LogP contribution in [0.25, 0.3) is 0 Å². The van der Waals surface area contributed by atoms with Gasteiger partial charge in [0, 0.05) is 9.79 Å². The lowest BCUT2D eigenvalue weighted by Crippen LogP contribution is -2.33. The molecule has 0 aliphatic carbocycles. The van der Waals surface area contributed by atoms with Gasteiger partial charge in [-0.15, -0.1) is 23.5 Å². The van der Waals surface area contributed by atoms with Gasteiger partial charge in [0.05, 0.1) is 8.07 Å². The van der Waals surface area contributed by atoms with Gasteiger partial charge in [-0.1, -0.05) is 13.1 Å². The number of thioether (sulfide) groups is 2. The van der Waals surface area contributed by atoms with Crippen molar-refractivity contribution in [3.63, 3.8) is 0 Å². The molecule has 0 aliphatic heterocycles. The summed E-state index contributed by atoms with van der Waals surface area (Å²) in [6, 6.07) is 8.32. The van der Waals surface area contributed by atoms with Crippen molar-refractivity contribution in [1.29, 1.82) is 0 Å². The number of aromatic hydroxyl groups is 2. The molecule has 2 aromatic carbocycles. The Kier molecular flexibility index (Phi) is 6.57. The molecule has 2 rings (SSSR count). The fourth-order valence-electron chi connectivity index (χ4n) is 2.60. The predicted molar refractivity (Wildman–Crippen MR) is 114 cm³/mol. The minimum absolute atomic E-state index is 0.412. The molecule has 0 fully saturated rings. The summed E-state index contributed by atoms with van der Waals surface area (Å²) in [6.07, 6.45) is 0. The van der Waals surface area contributed by atoms with Crippen LogP contribution in [0.3, 0.4) is 0 Å². The molecule has 0 atom stereocenters. The van der Waals surface area contributed by atoms with Gasteiger partial charge in [-0.2, -0.15) is 0 Å². The average molecular weight is 393 g/mol. The predicted octanol–water partition coefficient (Wildman–Crippen LogP) is 6.00. The van der Waals surface area contributed by atoms with E-state index < -0.39 is 8.07 Å². The van der Waals surface area contributed by atoms with Crippen LogP contribution in [0.1, 0.15) is 22.3 Å². The summed E-state index contributed by atoms with van der Waals surface area (Å²) in [7, 11) is -1.36. The van der Waals surface area contributed by atoms with E-state index in [1.54, 1.807) is 0 Å². The van der Waals surface area contributed by atoms with E-state index in [0.29, 0.717) is 11.5 Å². The second kappa shape index (κ2) is 8.10. The lowest BCUT2D eigenvalue weighted by Gasteiger charge is -2.22. The van der Waals surface area contributed by atoms with Crippen LogP contribution in [0.4, 0.5) is 0 Å². The molecule has 0 unspecified atom stereocenters. The summed E-state index contributed by atoms with van der Waals surface area (Å²) in [5.41, 5.74) is 3.80.